The molecule has 0 aliphatic heterocycles. The van der Waals surface area contributed by atoms with Gasteiger partial charge in [-0.1, -0.05) is 41.0 Å². The van der Waals surface area contributed by atoms with Crippen LogP contribution in [0, 0.1) is 40.4 Å². The van der Waals surface area contributed by atoms with E-state index in [1.807, 2.05) is 0 Å². The predicted molar refractivity (Wildman–Crippen MR) is 120 cm³/mol. The number of nitrogens with one attached hydrogen (secondary N) is 2. The first-order valence-corrected chi connectivity index (χ1v) is 12.8. The SMILES string of the molecule is CC[C@H]1CCC2C3CC[C@@H]4CC(NCCNC(C)C)CC[C@]4(C)C3CC[C@@]21C. The molecule has 0 saturated heterocycles. The third-order valence-electron chi connectivity index (χ3n) is 10.5. The second-order valence-electron chi connectivity index (χ2n) is 11.9. The summed E-state index contributed by atoms with van der Waals surface area (Å²) in [5.74, 6) is 5.13. The van der Waals surface area contributed by atoms with Crippen molar-refractivity contribution in [2.45, 2.75) is 111 Å². The molecule has 0 bridgehead atoms. The van der Waals surface area contributed by atoms with Crippen LogP contribution in [0.25, 0.3) is 0 Å². The average molecular weight is 389 g/mol. The summed E-state index contributed by atoms with van der Waals surface area (Å²) in [5, 5.41) is 7.45. The van der Waals surface area contributed by atoms with Gasteiger partial charge in [0.15, 0.2) is 0 Å². The van der Waals surface area contributed by atoms with Crippen LogP contribution in [-0.2, 0) is 0 Å². The van der Waals surface area contributed by atoms with Gasteiger partial charge in [-0.3, -0.25) is 0 Å². The first kappa shape index (κ1) is 21.2. The van der Waals surface area contributed by atoms with Crippen molar-refractivity contribution in [3.05, 3.63) is 0 Å². The molecule has 2 heteroatoms. The van der Waals surface area contributed by atoms with Crippen molar-refractivity contribution < 1.29 is 0 Å². The summed E-state index contributed by atoms with van der Waals surface area (Å²) in [6, 6.07) is 1.38. The zero-order valence-electron chi connectivity index (χ0n) is 19.5. The normalized spacial score (nSPS) is 48.2. The van der Waals surface area contributed by atoms with E-state index in [2.05, 4.69) is 45.3 Å². The van der Waals surface area contributed by atoms with Crippen molar-refractivity contribution in [2.24, 2.45) is 40.4 Å². The lowest BCUT2D eigenvalue weighted by Gasteiger charge is -2.61. The van der Waals surface area contributed by atoms with E-state index in [0.717, 1.165) is 48.7 Å². The van der Waals surface area contributed by atoms with Gasteiger partial charge in [0.2, 0.25) is 0 Å². The van der Waals surface area contributed by atoms with E-state index in [0.29, 0.717) is 16.9 Å². The Morgan fingerprint density at radius 3 is 2.36 bits per heavy atom. The van der Waals surface area contributed by atoms with Gasteiger partial charge in [-0.15, -0.1) is 0 Å². The number of hydrogen-bond donors (Lipinski definition) is 2. The fourth-order valence-electron chi connectivity index (χ4n) is 8.86. The molecule has 0 aromatic carbocycles. The van der Waals surface area contributed by atoms with E-state index in [-0.39, 0.29) is 0 Å². The quantitative estimate of drug-likeness (QED) is 0.544. The fraction of sp³-hybridized carbons (Fsp3) is 1.00. The summed E-state index contributed by atoms with van der Waals surface area (Å²) in [6.07, 6.45) is 15.0. The maximum absolute atomic E-state index is 3.89. The minimum Gasteiger partial charge on any atom is -0.313 e. The zero-order valence-corrected chi connectivity index (χ0v) is 19.5. The Morgan fingerprint density at radius 1 is 0.857 bits per heavy atom. The molecule has 4 rings (SSSR count). The van der Waals surface area contributed by atoms with Crippen molar-refractivity contribution in [3.8, 4) is 0 Å². The van der Waals surface area contributed by atoms with Crippen molar-refractivity contribution in [2.75, 3.05) is 13.1 Å². The smallest absolute Gasteiger partial charge is 0.00794 e. The van der Waals surface area contributed by atoms with E-state index in [1.165, 1.54) is 51.4 Å². The van der Waals surface area contributed by atoms with E-state index in [9.17, 15) is 0 Å². The standard InChI is InChI=1S/C26H48N2/c1-6-19-8-10-23-22-9-7-20-17-21(28-16-15-27-18(2)3)11-13-26(20,5)24(22)12-14-25(19,23)4/h18-24,27-28H,6-17H2,1-5H3/t19-,20+,21?,22?,23?,24?,25+,26-/m0/s1. The molecular weight excluding hydrogens is 340 g/mol. The van der Waals surface area contributed by atoms with Gasteiger partial charge < -0.3 is 10.6 Å². The highest BCUT2D eigenvalue weighted by atomic mass is 15.0. The van der Waals surface area contributed by atoms with Crippen molar-refractivity contribution in [3.63, 3.8) is 0 Å². The Morgan fingerprint density at radius 2 is 1.61 bits per heavy atom. The molecule has 4 saturated carbocycles. The lowest BCUT2D eigenvalue weighted by molar-refractivity contribution is -0.114. The third-order valence-corrected chi connectivity index (χ3v) is 10.5. The topological polar surface area (TPSA) is 24.1 Å². The van der Waals surface area contributed by atoms with Crippen LogP contribution in [0.2, 0.25) is 0 Å². The fourth-order valence-corrected chi connectivity index (χ4v) is 8.86. The number of fused-ring (bicyclic) bond motifs is 5. The van der Waals surface area contributed by atoms with Gasteiger partial charge in [-0.05, 0) is 98.2 Å². The number of hydrogen-bond acceptors (Lipinski definition) is 2. The van der Waals surface area contributed by atoms with Gasteiger partial charge in [0, 0.05) is 25.2 Å². The van der Waals surface area contributed by atoms with Gasteiger partial charge in [0.25, 0.3) is 0 Å². The molecular formula is C26H48N2. The van der Waals surface area contributed by atoms with Crippen LogP contribution in [0.4, 0.5) is 0 Å². The molecule has 4 fully saturated rings. The minimum atomic E-state index is 0.603. The molecule has 0 heterocycles. The largest absolute Gasteiger partial charge is 0.313 e. The summed E-state index contributed by atoms with van der Waals surface area (Å²) < 4.78 is 0. The maximum atomic E-state index is 3.89. The van der Waals surface area contributed by atoms with Gasteiger partial charge in [0.05, 0.1) is 0 Å². The average Bonchev–Trinajstić information content (AvgIpc) is 3.01. The van der Waals surface area contributed by atoms with Crippen LogP contribution in [0.1, 0.15) is 98.8 Å². The van der Waals surface area contributed by atoms with Gasteiger partial charge in [0.1, 0.15) is 0 Å². The van der Waals surface area contributed by atoms with Gasteiger partial charge in [-0.25, -0.2) is 0 Å². The molecule has 0 aromatic heterocycles. The molecule has 0 amide bonds. The monoisotopic (exact) mass is 388 g/mol. The molecule has 4 aliphatic carbocycles. The van der Waals surface area contributed by atoms with Crippen LogP contribution in [0.15, 0.2) is 0 Å². The molecule has 162 valence electrons. The highest BCUT2D eigenvalue weighted by Crippen LogP contribution is 2.67. The Labute approximate surface area is 175 Å². The molecule has 8 atom stereocenters. The Kier molecular flexibility index (Phi) is 6.21. The first-order chi connectivity index (χ1) is 13.4. The molecule has 0 aromatic rings. The highest BCUT2D eigenvalue weighted by molar-refractivity contribution is 5.09. The van der Waals surface area contributed by atoms with Crippen LogP contribution in [0.5, 0.6) is 0 Å². The predicted octanol–water partition coefficient (Wildman–Crippen LogP) is 6.01. The second-order valence-corrected chi connectivity index (χ2v) is 11.9. The van der Waals surface area contributed by atoms with E-state index in [4.69, 9.17) is 0 Å². The van der Waals surface area contributed by atoms with Crippen LogP contribution >= 0.6 is 0 Å². The third kappa shape index (κ3) is 3.59. The van der Waals surface area contributed by atoms with Crippen molar-refractivity contribution >= 4 is 0 Å². The van der Waals surface area contributed by atoms with E-state index >= 15 is 0 Å². The summed E-state index contributed by atoms with van der Waals surface area (Å²) >= 11 is 0. The molecule has 28 heavy (non-hydrogen) atoms. The molecule has 4 unspecified atom stereocenters. The molecule has 2 nitrogen and oxygen atoms in total. The number of rotatable bonds is 6. The van der Waals surface area contributed by atoms with Gasteiger partial charge >= 0.3 is 0 Å². The maximum Gasteiger partial charge on any atom is 0.00794 e. The Hall–Kier alpha value is -0.0800. The highest BCUT2D eigenvalue weighted by Gasteiger charge is 2.59. The molecule has 2 N–H and O–H groups in total. The van der Waals surface area contributed by atoms with Crippen molar-refractivity contribution in [1.82, 2.24) is 10.6 Å². The Balaban J connectivity index is 1.38. The molecule has 0 spiro atoms. The summed E-state index contributed by atoms with van der Waals surface area (Å²) in [4.78, 5) is 0. The second kappa shape index (κ2) is 8.22. The Bertz CT molecular complexity index is 531. The summed E-state index contributed by atoms with van der Waals surface area (Å²) in [5.41, 5.74) is 1.32. The van der Waals surface area contributed by atoms with Crippen molar-refractivity contribution in [1.29, 1.82) is 0 Å². The summed E-state index contributed by atoms with van der Waals surface area (Å²) in [6.45, 7) is 14.6. The lowest BCUT2D eigenvalue weighted by atomic mass is 9.44. The molecule has 4 aliphatic rings. The van der Waals surface area contributed by atoms with E-state index in [1.54, 1.807) is 12.8 Å². The summed E-state index contributed by atoms with van der Waals surface area (Å²) in [7, 11) is 0. The lowest BCUT2D eigenvalue weighted by Crippen LogP contribution is -2.55. The van der Waals surface area contributed by atoms with Gasteiger partial charge in [-0.2, -0.15) is 0 Å². The van der Waals surface area contributed by atoms with E-state index < -0.39 is 0 Å². The minimum absolute atomic E-state index is 0.603. The first-order valence-electron chi connectivity index (χ1n) is 12.8. The van der Waals surface area contributed by atoms with Crippen LogP contribution in [0.3, 0.4) is 0 Å². The van der Waals surface area contributed by atoms with Crippen LogP contribution < -0.4 is 10.6 Å². The zero-order chi connectivity index (χ0) is 19.9. The van der Waals surface area contributed by atoms with Crippen LogP contribution in [-0.4, -0.2) is 25.2 Å². The molecule has 0 radical (unpaired) electrons.